The van der Waals surface area contributed by atoms with Crippen LogP contribution in [0.25, 0.3) is 27.8 Å². The van der Waals surface area contributed by atoms with E-state index in [0.717, 1.165) is 10.6 Å². The number of imidazole rings is 1. The first kappa shape index (κ1) is 20.4. The van der Waals surface area contributed by atoms with Gasteiger partial charge in [-0.25, -0.2) is 9.97 Å². The third-order valence-corrected chi connectivity index (χ3v) is 5.05. The largest absolute Gasteiger partial charge is 0.417 e. The van der Waals surface area contributed by atoms with Gasteiger partial charge in [0.25, 0.3) is 11.5 Å². The predicted octanol–water partition coefficient (Wildman–Crippen LogP) is 2.68. The number of nitrogens with two attached hydrogens (primary N) is 1. The van der Waals surface area contributed by atoms with Crippen LogP contribution in [0.2, 0.25) is 0 Å². The van der Waals surface area contributed by atoms with E-state index in [-0.39, 0.29) is 23.8 Å². The number of rotatable bonds is 4. The first-order chi connectivity index (χ1) is 15.8. The maximum atomic E-state index is 13.6. The van der Waals surface area contributed by atoms with Gasteiger partial charge in [-0.05, 0) is 24.3 Å². The Morgan fingerprint density at radius 2 is 1.85 bits per heavy atom. The molecule has 5 aromatic rings. The zero-order chi connectivity index (χ0) is 23.2. The predicted molar refractivity (Wildman–Crippen MR) is 115 cm³/mol. The van der Waals surface area contributed by atoms with Gasteiger partial charge >= 0.3 is 11.8 Å². The summed E-state index contributed by atoms with van der Waals surface area (Å²) in [7, 11) is 0. The molecule has 0 spiro atoms. The molecule has 0 atom stereocenters. The molecule has 3 heterocycles. The minimum absolute atomic E-state index is 0.0163. The lowest BCUT2D eigenvalue weighted by Crippen LogP contribution is -2.27. The number of fused-ring (bicyclic) bond motifs is 2. The lowest BCUT2D eigenvalue weighted by molar-refractivity contribution is -0.347. The standard InChI is InChI=1S/C21H15F3N8O/c22-21(23,24)12-7-4-8-13-15(12)19(33)32(11-5-2-1-3-6-11)14(29-13)9-26-17-16-18(28-10-27-16)31-20(25)30-17/h1-8,10H,9H2,(H4,25,26,27,28,30,31)/p+1. The Balaban J connectivity index is 1.69. The van der Waals surface area contributed by atoms with Crippen molar-refractivity contribution in [3.63, 3.8) is 0 Å². The fourth-order valence-electron chi connectivity index (χ4n) is 3.66. The molecule has 0 aliphatic heterocycles. The van der Waals surface area contributed by atoms with E-state index in [2.05, 4.69) is 30.2 Å². The monoisotopic (exact) mass is 453 g/mol. The van der Waals surface area contributed by atoms with Gasteiger partial charge in [-0.1, -0.05) is 29.2 Å². The third kappa shape index (κ3) is 3.60. The molecule has 0 amide bonds. The fraction of sp³-hybridized carbons (Fsp3) is 0.0952. The molecule has 5 N–H and O–H groups in total. The summed E-state index contributed by atoms with van der Waals surface area (Å²) < 4.78 is 42.1. The Morgan fingerprint density at radius 1 is 1.06 bits per heavy atom. The molecule has 0 aliphatic rings. The highest BCUT2D eigenvalue weighted by molar-refractivity contribution is 5.83. The number of aromatic nitrogens is 6. The number of para-hydroxylation sites is 1. The minimum Gasteiger partial charge on any atom is -0.360 e. The van der Waals surface area contributed by atoms with Gasteiger partial charge in [-0.15, -0.1) is 0 Å². The normalized spacial score (nSPS) is 11.8. The molecule has 12 heteroatoms. The first-order valence-corrected chi connectivity index (χ1v) is 9.76. The number of H-pyrrole nitrogens is 2. The molecule has 166 valence electrons. The van der Waals surface area contributed by atoms with Crippen LogP contribution in [0.1, 0.15) is 11.4 Å². The van der Waals surface area contributed by atoms with Crippen molar-refractivity contribution in [3.05, 3.63) is 76.6 Å². The molecule has 0 fully saturated rings. The maximum absolute atomic E-state index is 13.6. The van der Waals surface area contributed by atoms with Gasteiger partial charge in [0.1, 0.15) is 5.82 Å². The molecule has 5 rings (SSSR count). The summed E-state index contributed by atoms with van der Waals surface area (Å²) in [6.07, 6.45) is -3.15. The lowest BCUT2D eigenvalue weighted by atomic mass is 10.1. The van der Waals surface area contributed by atoms with Crippen molar-refractivity contribution in [2.45, 2.75) is 12.7 Å². The van der Waals surface area contributed by atoms with Crippen molar-refractivity contribution in [1.82, 2.24) is 24.5 Å². The van der Waals surface area contributed by atoms with Gasteiger partial charge in [0.05, 0.1) is 28.7 Å². The number of anilines is 2. The number of halogens is 3. The summed E-state index contributed by atoms with van der Waals surface area (Å²) in [4.78, 5) is 31.9. The van der Waals surface area contributed by atoms with E-state index in [9.17, 15) is 18.0 Å². The van der Waals surface area contributed by atoms with Crippen LogP contribution in [0.4, 0.5) is 24.9 Å². The van der Waals surface area contributed by atoms with E-state index in [1.165, 1.54) is 12.1 Å². The third-order valence-electron chi connectivity index (χ3n) is 5.05. The van der Waals surface area contributed by atoms with Gasteiger partial charge in [-0.3, -0.25) is 14.3 Å². The highest BCUT2D eigenvalue weighted by atomic mass is 19.4. The minimum atomic E-state index is -4.71. The van der Waals surface area contributed by atoms with Crippen molar-refractivity contribution in [2.75, 3.05) is 11.1 Å². The fourth-order valence-corrected chi connectivity index (χ4v) is 3.66. The topological polar surface area (TPSA) is 129 Å². The average Bonchev–Trinajstić information content (AvgIpc) is 3.25. The Morgan fingerprint density at radius 3 is 2.61 bits per heavy atom. The summed E-state index contributed by atoms with van der Waals surface area (Å²) in [5, 5.41) is 2.56. The molecule has 0 radical (unpaired) electrons. The van der Waals surface area contributed by atoms with Crippen molar-refractivity contribution in [1.29, 1.82) is 0 Å². The van der Waals surface area contributed by atoms with Gasteiger partial charge < -0.3 is 11.1 Å². The van der Waals surface area contributed by atoms with Crippen molar-refractivity contribution in [3.8, 4) is 5.69 Å². The molecule has 0 bridgehead atoms. The zero-order valence-electron chi connectivity index (χ0n) is 16.8. The Labute approximate surface area is 183 Å². The van der Waals surface area contributed by atoms with Gasteiger partial charge in [0.15, 0.2) is 12.1 Å². The number of nitrogen functional groups attached to an aromatic ring is 1. The zero-order valence-corrected chi connectivity index (χ0v) is 16.8. The second kappa shape index (κ2) is 7.58. The molecular weight excluding hydrogens is 437 g/mol. The Bertz CT molecular complexity index is 1540. The van der Waals surface area contributed by atoms with Crippen LogP contribution < -0.4 is 21.6 Å². The molecule has 0 saturated carbocycles. The van der Waals surface area contributed by atoms with Gasteiger partial charge in [0.2, 0.25) is 5.52 Å². The molecular formula is C21H16F3N8O+. The van der Waals surface area contributed by atoms with E-state index in [4.69, 9.17) is 5.73 Å². The van der Waals surface area contributed by atoms with Crippen molar-refractivity contribution < 1.29 is 18.2 Å². The smallest absolute Gasteiger partial charge is 0.360 e. The van der Waals surface area contributed by atoms with Crippen molar-refractivity contribution >= 4 is 33.8 Å². The lowest BCUT2D eigenvalue weighted by Gasteiger charge is -2.16. The first-order valence-electron chi connectivity index (χ1n) is 9.76. The highest BCUT2D eigenvalue weighted by Gasteiger charge is 2.34. The number of hydrogen-bond donors (Lipinski definition) is 3. The summed E-state index contributed by atoms with van der Waals surface area (Å²) in [5.41, 5.74) is 5.23. The van der Waals surface area contributed by atoms with Crippen LogP contribution in [0, 0.1) is 0 Å². The van der Waals surface area contributed by atoms with Crippen molar-refractivity contribution in [2.24, 2.45) is 0 Å². The SMILES string of the molecule is Nc1nc(NCc2nc3cccc(C(F)(F)F)c3c(=O)n2-c2ccccc2)c2[nH]c[nH+]c2n1. The number of nitrogens with zero attached hydrogens (tertiary/aromatic N) is 4. The second-order valence-corrected chi connectivity index (χ2v) is 7.14. The maximum Gasteiger partial charge on any atom is 0.417 e. The van der Waals surface area contributed by atoms with Gasteiger partial charge in [0, 0.05) is 0 Å². The number of benzene rings is 2. The quantitative estimate of drug-likeness (QED) is 0.384. The number of aromatic amines is 2. The molecule has 9 nitrogen and oxygen atoms in total. The average molecular weight is 453 g/mol. The Hall–Kier alpha value is -4.48. The van der Waals surface area contributed by atoms with Gasteiger partial charge in [-0.2, -0.15) is 18.2 Å². The molecule has 33 heavy (non-hydrogen) atoms. The highest BCUT2D eigenvalue weighted by Crippen LogP contribution is 2.33. The summed E-state index contributed by atoms with van der Waals surface area (Å²) in [5.74, 6) is 0.554. The van der Waals surface area contributed by atoms with E-state index < -0.39 is 22.7 Å². The van der Waals surface area contributed by atoms with E-state index >= 15 is 0 Å². The van der Waals surface area contributed by atoms with Crippen LogP contribution in [0.3, 0.4) is 0 Å². The molecule has 0 aliphatic carbocycles. The summed E-state index contributed by atoms with van der Waals surface area (Å²) >= 11 is 0. The molecule has 3 aromatic heterocycles. The van der Waals surface area contributed by atoms with E-state index in [0.29, 0.717) is 22.7 Å². The second-order valence-electron chi connectivity index (χ2n) is 7.14. The molecule has 2 aromatic carbocycles. The van der Waals surface area contributed by atoms with E-state index in [1.807, 2.05) is 0 Å². The number of nitrogens with one attached hydrogen (secondary N) is 3. The Kier molecular flexibility index (Phi) is 4.69. The van der Waals surface area contributed by atoms with Crippen LogP contribution in [0.5, 0.6) is 0 Å². The van der Waals surface area contributed by atoms with Crippen LogP contribution in [-0.2, 0) is 12.7 Å². The number of hydrogen-bond acceptors (Lipinski definition) is 6. The van der Waals surface area contributed by atoms with E-state index in [1.54, 1.807) is 36.7 Å². The molecule has 0 unspecified atom stereocenters. The van der Waals surface area contributed by atoms with Crippen LogP contribution >= 0.6 is 0 Å². The summed E-state index contributed by atoms with van der Waals surface area (Å²) in [6.45, 7) is -0.0269. The number of alkyl halides is 3. The summed E-state index contributed by atoms with van der Waals surface area (Å²) in [6, 6.07) is 11.8. The van der Waals surface area contributed by atoms with Crippen LogP contribution in [0.15, 0.2) is 59.7 Å². The molecule has 0 saturated heterocycles. The van der Waals surface area contributed by atoms with Crippen LogP contribution in [-0.4, -0.2) is 24.5 Å².